The lowest BCUT2D eigenvalue weighted by Gasteiger charge is -2.24. The lowest BCUT2D eigenvalue weighted by molar-refractivity contribution is 0.162. The van der Waals surface area contributed by atoms with Crippen molar-refractivity contribution in [1.82, 2.24) is 15.5 Å². The molecule has 6 nitrogen and oxygen atoms in total. The number of aryl methyl sites for hydroxylation is 1. The van der Waals surface area contributed by atoms with E-state index in [1.165, 1.54) is 0 Å². The van der Waals surface area contributed by atoms with Crippen molar-refractivity contribution in [3.63, 3.8) is 0 Å². The van der Waals surface area contributed by atoms with Crippen LogP contribution in [0.25, 0.3) is 0 Å². The molecule has 0 radical (unpaired) electrons. The molecule has 0 amide bonds. The summed E-state index contributed by atoms with van der Waals surface area (Å²) in [6.07, 6.45) is 3.83. The first kappa shape index (κ1) is 24.4. The number of hydrogen-bond donors (Lipinski definition) is 2. The van der Waals surface area contributed by atoms with Gasteiger partial charge in [-0.15, -0.1) is 10.2 Å². The van der Waals surface area contributed by atoms with Crippen molar-refractivity contribution < 1.29 is 9.47 Å². The molecule has 1 fully saturated rings. The maximum Gasteiger partial charge on any atom is 0.205 e. The van der Waals surface area contributed by atoms with E-state index in [-0.39, 0.29) is 6.10 Å². The summed E-state index contributed by atoms with van der Waals surface area (Å²) in [7, 11) is 0. The van der Waals surface area contributed by atoms with Crippen molar-refractivity contribution in [3.05, 3.63) is 62.0 Å². The molecule has 2 aromatic carbocycles. The van der Waals surface area contributed by atoms with Gasteiger partial charge in [-0.25, -0.2) is 0 Å². The van der Waals surface area contributed by atoms with Gasteiger partial charge in [0.05, 0.1) is 21.7 Å². The first-order valence-electron chi connectivity index (χ1n) is 10.9. The minimum absolute atomic E-state index is 0.224. The number of nitrogens with zero attached hydrogens (tertiary/aromatic N) is 2. The predicted octanol–water partition coefficient (Wildman–Crippen LogP) is 6.25. The van der Waals surface area contributed by atoms with Crippen molar-refractivity contribution in [2.24, 2.45) is 0 Å². The summed E-state index contributed by atoms with van der Waals surface area (Å²) in [4.78, 5) is 0. The molecule has 1 aliphatic heterocycles. The fourth-order valence-electron chi connectivity index (χ4n) is 3.43. The summed E-state index contributed by atoms with van der Waals surface area (Å²) in [5, 5.41) is 18.5. The Morgan fingerprint density at radius 1 is 1.00 bits per heavy atom. The molecule has 0 atom stereocenters. The van der Waals surface area contributed by atoms with Crippen molar-refractivity contribution in [2.45, 2.75) is 38.3 Å². The summed E-state index contributed by atoms with van der Waals surface area (Å²) < 4.78 is 11.8. The van der Waals surface area contributed by atoms with Gasteiger partial charge in [-0.1, -0.05) is 52.2 Å². The monoisotopic (exact) mass is 526 g/mol. The highest BCUT2D eigenvalue weighted by Crippen LogP contribution is 2.29. The topological polar surface area (TPSA) is 68.3 Å². The standard InChI is InChI=1S/C23H25Cl3N4O2S/c24-18-5-4-17(13-19(18)25)31-11-1-2-22-29-30-23(33-22)28-14-15-3-6-21(20(26)12-15)32-16-7-9-27-10-8-16/h3-6,12-13,16,27H,1-2,7-11,14H2,(H,28,30). The van der Waals surface area contributed by atoms with Crippen LogP contribution in [0.5, 0.6) is 11.5 Å². The van der Waals surface area contributed by atoms with E-state index in [4.69, 9.17) is 44.3 Å². The van der Waals surface area contributed by atoms with Crippen LogP contribution in [-0.2, 0) is 13.0 Å². The Balaban J connectivity index is 1.20. The van der Waals surface area contributed by atoms with E-state index in [1.807, 2.05) is 18.2 Å². The Labute approximate surface area is 212 Å². The fourth-order valence-corrected chi connectivity index (χ4v) is 4.74. The average molecular weight is 528 g/mol. The summed E-state index contributed by atoms with van der Waals surface area (Å²) in [6, 6.07) is 11.2. The summed E-state index contributed by atoms with van der Waals surface area (Å²) in [5.74, 6) is 1.45. The van der Waals surface area contributed by atoms with E-state index in [1.54, 1.807) is 29.5 Å². The van der Waals surface area contributed by atoms with Crippen LogP contribution in [0.4, 0.5) is 5.13 Å². The normalized spacial score (nSPS) is 14.3. The smallest absolute Gasteiger partial charge is 0.205 e. The summed E-state index contributed by atoms with van der Waals surface area (Å²) in [6.45, 7) is 3.14. The zero-order valence-electron chi connectivity index (χ0n) is 18.0. The molecule has 176 valence electrons. The van der Waals surface area contributed by atoms with E-state index in [0.29, 0.717) is 34.0 Å². The van der Waals surface area contributed by atoms with E-state index in [2.05, 4.69) is 20.8 Å². The molecule has 33 heavy (non-hydrogen) atoms. The SMILES string of the molecule is Clc1ccc(OCCCc2nnc(NCc3ccc(OC4CCNCC4)c(Cl)c3)s2)cc1Cl. The predicted molar refractivity (Wildman–Crippen MR) is 135 cm³/mol. The van der Waals surface area contributed by atoms with Crippen LogP contribution < -0.4 is 20.1 Å². The number of nitrogens with one attached hydrogen (secondary N) is 2. The molecule has 1 saturated heterocycles. The van der Waals surface area contributed by atoms with Crippen LogP contribution in [0.3, 0.4) is 0 Å². The molecular weight excluding hydrogens is 503 g/mol. The average Bonchev–Trinajstić information content (AvgIpc) is 3.28. The van der Waals surface area contributed by atoms with E-state index >= 15 is 0 Å². The second-order valence-corrected chi connectivity index (χ2v) is 10.00. The maximum absolute atomic E-state index is 6.45. The van der Waals surface area contributed by atoms with Crippen LogP contribution in [-0.4, -0.2) is 36.0 Å². The van der Waals surface area contributed by atoms with Gasteiger partial charge in [-0.05, 0) is 62.2 Å². The molecular formula is C23H25Cl3N4O2S. The molecule has 2 heterocycles. The van der Waals surface area contributed by atoms with Gasteiger partial charge in [0.1, 0.15) is 22.6 Å². The third kappa shape index (κ3) is 7.36. The van der Waals surface area contributed by atoms with Crippen LogP contribution in [0.1, 0.15) is 29.8 Å². The minimum atomic E-state index is 0.224. The first-order valence-corrected chi connectivity index (χ1v) is 12.8. The maximum atomic E-state index is 6.45. The number of aromatic nitrogens is 2. The number of rotatable bonds is 10. The lowest BCUT2D eigenvalue weighted by Crippen LogP contribution is -2.34. The molecule has 1 aliphatic rings. The van der Waals surface area contributed by atoms with Gasteiger partial charge < -0.3 is 20.1 Å². The molecule has 0 bridgehead atoms. The first-order chi connectivity index (χ1) is 16.1. The van der Waals surface area contributed by atoms with Gasteiger partial charge in [0.2, 0.25) is 5.13 Å². The quantitative estimate of drug-likeness (QED) is 0.304. The molecule has 0 saturated carbocycles. The largest absolute Gasteiger partial charge is 0.494 e. The fraction of sp³-hybridized carbons (Fsp3) is 0.391. The Morgan fingerprint density at radius 3 is 2.64 bits per heavy atom. The second kappa shape index (κ2) is 12.1. The zero-order chi connectivity index (χ0) is 23.0. The Bertz CT molecular complexity index is 1060. The highest BCUT2D eigenvalue weighted by atomic mass is 35.5. The third-order valence-corrected chi connectivity index (χ3v) is 7.16. The van der Waals surface area contributed by atoms with Gasteiger partial charge in [-0.2, -0.15) is 0 Å². The Kier molecular flexibility index (Phi) is 8.92. The summed E-state index contributed by atoms with van der Waals surface area (Å²) >= 11 is 19.9. The van der Waals surface area contributed by atoms with Crippen LogP contribution in [0.15, 0.2) is 36.4 Å². The van der Waals surface area contributed by atoms with Gasteiger partial charge >= 0.3 is 0 Å². The summed E-state index contributed by atoms with van der Waals surface area (Å²) in [5.41, 5.74) is 1.06. The van der Waals surface area contributed by atoms with Gasteiger partial charge in [0.15, 0.2) is 0 Å². The second-order valence-electron chi connectivity index (χ2n) is 7.71. The number of halogens is 3. The number of anilines is 1. The van der Waals surface area contributed by atoms with Crippen LogP contribution in [0.2, 0.25) is 15.1 Å². The number of hydrogen-bond acceptors (Lipinski definition) is 7. The molecule has 0 spiro atoms. The number of benzene rings is 2. The molecule has 2 N–H and O–H groups in total. The van der Waals surface area contributed by atoms with Crippen molar-refractivity contribution in [2.75, 3.05) is 25.0 Å². The number of piperidine rings is 1. The lowest BCUT2D eigenvalue weighted by atomic mass is 10.1. The molecule has 0 unspecified atom stereocenters. The van der Waals surface area contributed by atoms with Gasteiger partial charge in [0.25, 0.3) is 0 Å². The molecule has 3 aromatic rings. The van der Waals surface area contributed by atoms with E-state index in [0.717, 1.165) is 60.2 Å². The highest BCUT2D eigenvalue weighted by molar-refractivity contribution is 7.15. The van der Waals surface area contributed by atoms with Crippen LogP contribution >= 0.6 is 46.1 Å². The minimum Gasteiger partial charge on any atom is -0.494 e. The Hall–Kier alpha value is -1.77. The molecule has 4 rings (SSSR count). The van der Waals surface area contributed by atoms with Crippen molar-refractivity contribution in [3.8, 4) is 11.5 Å². The zero-order valence-corrected chi connectivity index (χ0v) is 21.0. The molecule has 10 heteroatoms. The molecule has 0 aliphatic carbocycles. The number of ether oxygens (including phenoxy) is 2. The van der Waals surface area contributed by atoms with E-state index < -0.39 is 0 Å². The van der Waals surface area contributed by atoms with Crippen molar-refractivity contribution >= 4 is 51.3 Å². The highest BCUT2D eigenvalue weighted by Gasteiger charge is 2.16. The molecule has 1 aromatic heterocycles. The van der Waals surface area contributed by atoms with Crippen molar-refractivity contribution in [1.29, 1.82) is 0 Å². The Morgan fingerprint density at radius 2 is 1.85 bits per heavy atom. The van der Waals surface area contributed by atoms with Gasteiger partial charge in [-0.3, -0.25) is 0 Å². The van der Waals surface area contributed by atoms with E-state index in [9.17, 15) is 0 Å². The third-order valence-electron chi connectivity index (χ3n) is 5.18. The van der Waals surface area contributed by atoms with Crippen LogP contribution in [0, 0.1) is 0 Å². The van der Waals surface area contributed by atoms with Gasteiger partial charge in [0, 0.05) is 19.0 Å².